The Morgan fingerprint density at radius 3 is 2.67 bits per heavy atom. The summed E-state index contributed by atoms with van der Waals surface area (Å²) >= 11 is 1.52. The Balaban J connectivity index is 2.15. The van der Waals surface area contributed by atoms with Gasteiger partial charge in [0.25, 0.3) is 0 Å². The highest BCUT2D eigenvalue weighted by Crippen LogP contribution is 2.24. The van der Waals surface area contributed by atoms with Gasteiger partial charge in [-0.2, -0.15) is 9.97 Å². The lowest BCUT2D eigenvalue weighted by Gasteiger charge is -2.06. The molecule has 0 saturated heterocycles. The number of anilines is 1. The van der Waals surface area contributed by atoms with Gasteiger partial charge in [0.15, 0.2) is 5.16 Å². The molecule has 94 valence electrons. The van der Waals surface area contributed by atoms with Gasteiger partial charge in [-0.15, -0.1) is 0 Å². The Morgan fingerprint density at radius 2 is 1.94 bits per heavy atom. The number of aryl methyl sites for hydroxylation is 1. The minimum atomic E-state index is 0.548. The molecule has 0 atom stereocenters. The van der Waals surface area contributed by atoms with Crippen LogP contribution in [0, 0.1) is 6.92 Å². The average Bonchev–Trinajstić information content (AvgIpc) is 2.37. The number of hydrogen-bond donors (Lipinski definition) is 2. The van der Waals surface area contributed by atoms with Crippen molar-refractivity contribution in [3.63, 3.8) is 0 Å². The number of benzene rings is 1. The van der Waals surface area contributed by atoms with E-state index in [1.165, 1.54) is 11.8 Å². The lowest BCUT2D eigenvalue weighted by atomic mass is 10.4. The molecule has 0 aliphatic rings. The predicted octanol–water partition coefficient (Wildman–Crippen LogP) is 1.70. The second-order valence-corrected chi connectivity index (χ2v) is 4.66. The minimum Gasteiger partial charge on any atom is -0.353 e. The van der Waals surface area contributed by atoms with Crippen molar-refractivity contribution in [1.82, 2.24) is 15.0 Å². The number of rotatable bonds is 5. The summed E-state index contributed by atoms with van der Waals surface area (Å²) in [5.74, 6) is 1.27. The molecule has 18 heavy (non-hydrogen) atoms. The van der Waals surface area contributed by atoms with E-state index in [1.54, 1.807) is 0 Å². The van der Waals surface area contributed by atoms with Crippen molar-refractivity contribution in [2.75, 3.05) is 18.4 Å². The monoisotopic (exact) mass is 261 g/mol. The van der Waals surface area contributed by atoms with Gasteiger partial charge in [-0.05, 0) is 30.8 Å². The topological polar surface area (TPSA) is 76.7 Å². The summed E-state index contributed by atoms with van der Waals surface area (Å²) in [6, 6.07) is 10.0. The zero-order valence-corrected chi connectivity index (χ0v) is 10.9. The maximum atomic E-state index is 5.44. The molecule has 5 nitrogen and oxygen atoms in total. The van der Waals surface area contributed by atoms with Crippen LogP contribution in [0.4, 0.5) is 5.95 Å². The third-order valence-corrected chi connectivity index (χ3v) is 2.98. The highest BCUT2D eigenvalue weighted by atomic mass is 32.2. The van der Waals surface area contributed by atoms with Gasteiger partial charge in [0.1, 0.15) is 5.82 Å². The Labute approximate surface area is 110 Å². The van der Waals surface area contributed by atoms with Crippen LogP contribution in [0.15, 0.2) is 40.4 Å². The lowest BCUT2D eigenvalue weighted by molar-refractivity contribution is 0.850. The van der Waals surface area contributed by atoms with Gasteiger partial charge in [0.05, 0.1) is 0 Å². The first-order valence-electron chi connectivity index (χ1n) is 5.67. The molecule has 0 amide bonds. The van der Waals surface area contributed by atoms with Crippen molar-refractivity contribution in [1.29, 1.82) is 0 Å². The number of nitrogens with one attached hydrogen (secondary N) is 1. The fourth-order valence-corrected chi connectivity index (χ4v) is 2.17. The third-order valence-electron chi connectivity index (χ3n) is 2.11. The van der Waals surface area contributed by atoms with E-state index < -0.39 is 0 Å². The summed E-state index contributed by atoms with van der Waals surface area (Å²) in [6.45, 7) is 3.05. The second kappa shape index (κ2) is 6.32. The smallest absolute Gasteiger partial charge is 0.226 e. The summed E-state index contributed by atoms with van der Waals surface area (Å²) in [4.78, 5) is 14.0. The quantitative estimate of drug-likeness (QED) is 0.853. The van der Waals surface area contributed by atoms with E-state index in [0.717, 1.165) is 4.90 Å². The highest BCUT2D eigenvalue weighted by molar-refractivity contribution is 7.99. The fourth-order valence-electron chi connectivity index (χ4n) is 1.36. The molecule has 0 spiro atoms. The van der Waals surface area contributed by atoms with E-state index in [4.69, 9.17) is 5.73 Å². The van der Waals surface area contributed by atoms with Crippen LogP contribution in [0.25, 0.3) is 0 Å². The number of nitrogens with two attached hydrogens (primary N) is 1. The number of aromatic nitrogens is 3. The largest absolute Gasteiger partial charge is 0.353 e. The molecule has 0 radical (unpaired) electrons. The summed E-state index contributed by atoms with van der Waals surface area (Å²) < 4.78 is 0. The minimum absolute atomic E-state index is 0.548. The van der Waals surface area contributed by atoms with Crippen LogP contribution >= 0.6 is 11.8 Å². The van der Waals surface area contributed by atoms with Crippen LogP contribution in [0.1, 0.15) is 5.82 Å². The SMILES string of the molecule is Cc1nc(NCCN)nc(Sc2ccccc2)n1. The van der Waals surface area contributed by atoms with Crippen LogP contribution in [0.2, 0.25) is 0 Å². The van der Waals surface area contributed by atoms with Crippen molar-refractivity contribution < 1.29 is 0 Å². The van der Waals surface area contributed by atoms with Crippen LogP contribution < -0.4 is 11.1 Å². The molecule has 0 fully saturated rings. The Hall–Kier alpha value is -1.66. The number of nitrogens with zero attached hydrogens (tertiary/aromatic N) is 3. The van der Waals surface area contributed by atoms with Gasteiger partial charge in [-0.1, -0.05) is 18.2 Å². The van der Waals surface area contributed by atoms with Crippen LogP contribution in [0.3, 0.4) is 0 Å². The summed E-state index contributed by atoms with van der Waals surface area (Å²) in [5.41, 5.74) is 5.44. The van der Waals surface area contributed by atoms with Crippen LogP contribution in [-0.4, -0.2) is 28.0 Å². The molecular weight excluding hydrogens is 246 g/mol. The van der Waals surface area contributed by atoms with Crippen molar-refractivity contribution >= 4 is 17.7 Å². The molecule has 1 aromatic carbocycles. The zero-order valence-electron chi connectivity index (χ0n) is 10.1. The van der Waals surface area contributed by atoms with E-state index in [9.17, 15) is 0 Å². The Kier molecular flexibility index (Phi) is 4.49. The fraction of sp³-hybridized carbons (Fsp3) is 0.250. The van der Waals surface area contributed by atoms with Crippen LogP contribution in [0.5, 0.6) is 0 Å². The highest BCUT2D eigenvalue weighted by Gasteiger charge is 2.05. The molecule has 2 aromatic rings. The Bertz CT molecular complexity index is 503. The second-order valence-electron chi connectivity index (χ2n) is 3.62. The van der Waals surface area contributed by atoms with E-state index in [1.807, 2.05) is 37.3 Å². The van der Waals surface area contributed by atoms with Crippen molar-refractivity contribution in [2.45, 2.75) is 17.0 Å². The van der Waals surface area contributed by atoms with Crippen molar-refractivity contribution in [3.05, 3.63) is 36.2 Å². The Morgan fingerprint density at radius 1 is 1.17 bits per heavy atom. The molecule has 1 aromatic heterocycles. The van der Waals surface area contributed by atoms with E-state index in [-0.39, 0.29) is 0 Å². The first-order valence-corrected chi connectivity index (χ1v) is 6.49. The lowest BCUT2D eigenvalue weighted by Crippen LogP contribution is -2.15. The van der Waals surface area contributed by atoms with Gasteiger partial charge < -0.3 is 11.1 Å². The maximum Gasteiger partial charge on any atom is 0.226 e. The molecule has 0 aliphatic heterocycles. The molecule has 3 N–H and O–H groups in total. The van der Waals surface area contributed by atoms with Gasteiger partial charge in [-0.25, -0.2) is 4.98 Å². The molecule has 6 heteroatoms. The first-order chi connectivity index (χ1) is 8.78. The summed E-state index contributed by atoms with van der Waals surface area (Å²) in [6.07, 6.45) is 0. The van der Waals surface area contributed by atoms with E-state index >= 15 is 0 Å². The zero-order chi connectivity index (χ0) is 12.8. The molecule has 0 unspecified atom stereocenters. The van der Waals surface area contributed by atoms with Crippen molar-refractivity contribution in [3.8, 4) is 0 Å². The van der Waals surface area contributed by atoms with E-state index in [0.29, 0.717) is 30.0 Å². The van der Waals surface area contributed by atoms with Crippen LogP contribution in [-0.2, 0) is 0 Å². The number of hydrogen-bond acceptors (Lipinski definition) is 6. The molecular formula is C12H15N5S. The molecule has 1 heterocycles. The first kappa shape index (κ1) is 12.8. The van der Waals surface area contributed by atoms with Gasteiger partial charge >= 0.3 is 0 Å². The predicted molar refractivity (Wildman–Crippen MR) is 72.7 cm³/mol. The van der Waals surface area contributed by atoms with Gasteiger partial charge in [-0.3, -0.25) is 0 Å². The maximum absolute atomic E-state index is 5.44. The third kappa shape index (κ3) is 3.68. The molecule has 0 aliphatic carbocycles. The molecule has 0 bridgehead atoms. The van der Waals surface area contributed by atoms with Gasteiger partial charge in [0.2, 0.25) is 5.95 Å². The average molecular weight is 261 g/mol. The van der Waals surface area contributed by atoms with Gasteiger partial charge in [0, 0.05) is 18.0 Å². The standard InChI is InChI=1S/C12H15N5S/c1-9-15-11(14-8-7-13)17-12(16-9)18-10-5-3-2-4-6-10/h2-6H,7-8,13H2,1H3,(H,14,15,16,17). The molecule has 0 saturated carbocycles. The summed E-state index contributed by atoms with van der Waals surface area (Å²) in [5, 5.41) is 3.75. The van der Waals surface area contributed by atoms with E-state index in [2.05, 4.69) is 20.3 Å². The van der Waals surface area contributed by atoms with Crippen molar-refractivity contribution in [2.24, 2.45) is 5.73 Å². The summed E-state index contributed by atoms with van der Waals surface area (Å²) in [7, 11) is 0. The molecule has 2 rings (SSSR count). The normalized spacial score (nSPS) is 10.3.